The van der Waals surface area contributed by atoms with Crippen LogP contribution in [-0.4, -0.2) is 32.1 Å². The highest BCUT2D eigenvalue weighted by atomic mass is 16.6. The van der Waals surface area contributed by atoms with Gasteiger partial charge in [-0.2, -0.15) is 0 Å². The Balaban J connectivity index is 3.05. The fourth-order valence-corrected chi connectivity index (χ4v) is 0.967. The lowest BCUT2D eigenvalue weighted by Crippen LogP contribution is -2.12. The number of esters is 1. The zero-order chi connectivity index (χ0) is 10.6. The molecule has 0 amide bonds. The predicted molar refractivity (Wildman–Crippen MR) is 52.0 cm³/mol. The number of carbonyl (C=O) groups is 2. The quantitative estimate of drug-likeness (QED) is 0.321. The molecule has 0 rings (SSSR count). The molecule has 0 saturated carbocycles. The summed E-state index contributed by atoms with van der Waals surface area (Å²) in [7, 11) is 0. The van der Waals surface area contributed by atoms with Gasteiger partial charge >= 0.3 is 5.97 Å². The van der Waals surface area contributed by atoms with Crippen molar-refractivity contribution in [1.29, 1.82) is 0 Å². The fourth-order valence-electron chi connectivity index (χ4n) is 0.967. The molecule has 0 aliphatic rings. The van der Waals surface area contributed by atoms with Crippen molar-refractivity contribution in [2.24, 2.45) is 0 Å². The first-order chi connectivity index (χ1) is 6.81. The van der Waals surface area contributed by atoms with E-state index in [0.29, 0.717) is 19.6 Å². The van der Waals surface area contributed by atoms with Crippen molar-refractivity contribution in [2.45, 2.75) is 32.6 Å². The lowest BCUT2D eigenvalue weighted by atomic mass is 10.2. The van der Waals surface area contributed by atoms with Gasteiger partial charge in [0.25, 0.3) is 0 Å². The summed E-state index contributed by atoms with van der Waals surface area (Å²) in [6.07, 6.45) is 4.26. The highest BCUT2D eigenvalue weighted by molar-refractivity contribution is 5.70. The van der Waals surface area contributed by atoms with Crippen LogP contribution in [0.1, 0.15) is 32.6 Å². The highest BCUT2D eigenvalue weighted by Crippen LogP contribution is 1.98. The molecule has 0 aromatic heterocycles. The van der Waals surface area contributed by atoms with Gasteiger partial charge in [-0.3, -0.25) is 0 Å². The first-order valence-electron chi connectivity index (χ1n) is 4.98. The Labute approximate surface area is 84.6 Å². The molecule has 4 heteroatoms. The number of aldehydes is 1. The SMILES string of the molecule is CCOC(=O)COCCCCCC=O. The van der Waals surface area contributed by atoms with E-state index in [-0.39, 0.29) is 12.6 Å². The number of hydrogen-bond donors (Lipinski definition) is 0. The van der Waals surface area contributed by atoms with E-state index < -0.39 is 0 Å². The smallest absolute Gasteiger partial charge is 0.332 e. The molecule has 0 aliphatic heterocycles. The molecule has 0 bridgehead atoms. The Kier molecular flexibility index (Phi) is 9.53. The summed E-state index contributed by atoms with van der Waals surface area (Å²) in [5, 5.41) is 0. The van der Waals surface area contributed by atoms with Crippen molar-refractivity contribution in [1.82, 2.24) is 0 Å². The van der Waals surface area contributed by atoms with Crippen molar-refractivity contribution >= 4 is 12.3 Å². The van der Waals surface area contributed by atoms with Gasteiger partial charge in [-0.15, -0.1) is 0 Å². The number of hydrogen-bond acceptors (Lipinski definition) is 4. The molecule has 0 unspecified atom stereocenters. The van der Waals surface area contributed by atoms with Crippen LogP contribution in [0.2, 0.25) is 0 Å². The van der Waals surface area contributed by atoms with Crippen molar-refractivity contribution in [3.63, 3.8) is 0 Å². The van der Waals surface area contributed by atoms with Crippen LogP contribution in [0.3, 0.4) is 0 Å². The summed E-state index contributed by atoms with van der Waals surface area (Å²) in [6, 6.07) is 0. The minimum Gasteiger partial charge on any atom is -0.464 e. The molecule has 14 heavy (non-hydrogen) atoms. The van der Waals surface area contributed by atoms with E-state index >= 15 is 0 Å². The third-order valence-electron chi connectivity index (χ3n) is 1.64. The van der Waals surface area contributed by atoms with E-state index in [1.807, 2.05) is 0 Å². The van der Waals surface area contributed by atoms with Gasteiger partial charge in [0, 0.05) is 13.0 Å². The summed E-state index contributed by atoms with van der Waals surface area (Å²) >= 11 is 0. The van der Waals surface area contributed by atoms with Gasteiger partial charge in [0.05, 0.1) is 6.61 Å². The Bertz CT molecular complexity index is 156. The van der Waals surface area contributed by atoms with Gasteiger partial charge in [-0.1, -0.05) is 6.42 Å². The van der Waals surface area contributed by atoms with E-state index in [1.165, 1.54) is 0 Å². The Morgan fingerprint density at radius 1 is 1.29 bits per heavy atom. The van der Waals surface area contributed by atoms with E-state index in [2.05, 4.69) is 4.74 Å². The molecule has 4 nitrogen and oxygen atoms in total. The molecular formula is C10H18O4. The second-order valence-corrected chi connectivity index (χ2v) is 2.87. The zero-order valence-electron chi connectivity index (χ0n) is 8.66. The standard InChI is InChI=1S/C10H18O4/c1-2-14-10(12)9-13-8-6-4-3-5-7-11/h7H,2-6,8-9H2,1H3. The topological polar surface area (TPSA) is 52.6 Å². The van der Waals surface area contributed by atoms with Crippen molar-refractivity contribution in [3.8, 4) is 0 Å². The fraction of sp³-hybridized carbons (Fsp3) is 0.800. The predicted octanol–water partition coefficient (Wildman–Crippen LogP) is 1.33. The molecule has 0 saturated heterocycles. The van der Waals surface area contributed by atoms with Crippen LogP contribution in [-0.2, 0) is 19.1 Å². The molecule has 0 aromatic rings. The van der Waals surface area contributed by atoms with Crippen LogP contribution in [0, 0.1) is 0 Å². The Morgan fingerprint density at radius 2 is 2.07 bits per heavy atom. The highest BCUT2D eigenvalue weighted by Gasteiger charge is 2.00. The van der Waals surface area contributed by atoms with E-state index in [4.69, 9.17) is 4.74 Å². The van der Waals surface area contributed by atoms with Gasteiger partial charge < -0.3 is 14.3 Å². The first kappa shape index (κ1) is 13.1. The lowest BCUT2D eigenvalue weighted by molar-refractivity contribution is -0.148. The molecule has 0 fully saturated rings. The summed E-state index contributed by atoms with van der Waals surface area (Å²) in [4.78, 5) is 20.7. The largest absolute Gasteiger partial charge is 0.464 e. The van der Waals surface area contributed by atoms with Crippen LogP contribution in [0.25, 0.3) is 0 Å². The normalized spacial score (nSPS) is 9.79. The summed E-state index contributed by atoms with van der Waals surface area (Å²) in [5.41, 5.74) is 0. The van der Waals surface area contributed by atoms with Crippen LogP contribution < -0.4 is 0 Å². The van der Waals surface area contributed by atoms with Crippen molar-refractivity contribution < 1.29 is 19.1 Å². The number of ether oxygens (including phenoxy) is 2. The molecule has 0 aliphatic carbocycles. The minimum atomic E-state index is -0.319. The maximum Gasteiger partial charge on any atom is 0.332 e. The number of rotatable bonds is 9. The van der Waals surface area contributed by atoms with Crippen molar-refractivity contribution in [3.05, 3.63) is 0 Å². The molecule has 0 spiro atoms. The second kappa shape index (κ2) is 10.2. The second-order valence-electron chi connectivity index (χ2n) is 2.87. The third-order valence-corrected chi connectivity index (χ3v) is 1.64. The van der Waals surface area contributed by atoms with Gasteiger partial charge in [0.2, 0.25) is 0 Å². The number of carbonyl (C=O) groups excluding carboxylic acids is 2. The van der Waals surface area contributed by atoms with Gasteiger partial charge in [0.1, 0.15) is 12.9 Å². The summed E-state index contributed by atoms with van der Waals surface area (Å²) in [6.45, 7) is 2.73. The van der Waals surface area contributed by atoms with E-state index in [9.17, 15) is 9.59 Å². The molecule has 82 valence electrons. The molecule has 0 atom stereocenters. The zero-order valence-corrected chi connectivity index (χ0v) is 8.66. The van der Waals surface area contributed by atoms with E-state index in [1.54, 1.807) is 6.92 Å². The first-order valence-corrected chi connectivity index (χ1v) is 4.98. The maximum atomic E-state index is 10.8. The van der Waals surface area contributed by atoms with Crippen LogP contribution in [0.5, 0.6) is 0 Å². The Hall–Kier alpha value is -0.900. The molecular weight excluding hydrogens is 184 g/mol. The molecule has 0 aromatic carbocycles. The average Bonchev–Trinajstić information content (AvgIpc) is 2.17. The maximum absolute atomic E-state index is 10.8. The minimum absolute atomic E-state index is 0.0293. The van der Waals surface area contributed by atoms with Crippen LogP contribution in [0.4, 0.5) is 0 Å². The third kappa shape index (κ3) is 9.19. The summed E-state index contributed by atoms with van der Waals surface area (Å²) < 4.78 is 9.74. The summed E-state index contributed by atoms with van der Waals surface area (Å²) in [5.74, 6) is -0.319. The van der Waals surface area contributed by atoms with Crippen molar-refractivity contribution in [2.75, 3.05) is 19.8 Å². The van der Waals surface area contributed by atoms with E-state index in [0.717, 1.165) is 25.5 Å². The lowest BCUT2D eigenvalue weighted by Gasteiger charge is -2.03. The monoisotopic (exact) mass is 202 g/mol. The van der Waals surface area contributed by atoms with Gasteiger partial charge in [-0.25, -0.2) is 4.79 Å². The van der Waals surface area contributed by atoms with Gasteiger partial charge in [0.15, 0.2) is 0 Å². The molecule has 0 heterocycles. The van der Waals surface area contributed by atoms with Gasteiger partial charge in [-0.05, 0) is 19.8 Å². The number of unbranched alkanes of at least 4 members (excludes halogenated alkanes) is 3. The van der Waals surface area contributed by atoms with Crippen LogP contribution in [0.15, 0.2) is 0 Å². The molecule has 0 N–H and O–H groups in total. The average molecular weight is 202 g/mol. The Morgan fingerprint density at radius 3 is 2.71 bits per heavy atom. The molecule has 0 radical (unpaired) electrons. The van der Waals surface area contributed by atoms with Crippen LogP contribution >= 0.6 is 0 Å².